The summed E-state index contributed by atoms with van der Waals surface area (Å²) in [6, 6.07) is 7.33. The Balaban J connectivity index is 2.44. The molecule has 1 aromatic carbocycles. The number of hydrogen-bond donors (Lipinski definition) is 0. The summed E-state index contributed by atoms with van der Waals surface area (Å²) in [5.41, 5.74) is 0.154. The molecule has 0 fully saturated rings. The molecule has 1 heterocycles. The van der Waals surface area contributed by atoms with E-state index in [0.717, 1.165) is 4.68 Å². The molecule has 2 rings (SSSR count). The molecule has 0 saturated heterocycles. The van der Waals surface area contributed by atoms with Gasteiger partial charge in [-0.2, -0.15) is 10.4 Å². The maximum absolute atomic E-state index is 13.6. The summed E-state index contributed by atoms with van der Waals surface area (Å²) in [5.74, 6) is -1.23. The van der Waals surface area contributed by atoms with E-state index in [1.54, 1.807) is 13.8 Å². The predicted molar refractivity (Wildman–Crippen MR) is 73.4 cm³/mol. The third kappa shape index (κ3) is 2.72. The van der Waals surface area contributed by atoms with Gasteiger partial charge in [0.05, 0.1) is 11.3 Å². The Morgan fingerprint density at radius 3 is 2.67 bits per heavy atom. The molecule has 106 valence electrons. The molecule has 5 nitrogen and oxygen atoms in total. The molecule has 0 bridgehead atoms. The lowest BCUT2D eigenvalue weighted by molar-refractivity contribution is 0.0961. The first-order valence-electron chi connectivity index (χ1n) is 6.22. The van der Waals surface area contributed by atoms with E-state index in [-0.39, 0.29) is 11.1 Å². The molecule has 0 unspecified atom stereocenters. The number of Topliss-reactive ketones (excluding diaryl/α,β-unsaturated/α-hetero) is 1. The molecule has 1 aromatic heterocycles. The van der Waals surface area contributed by atoms with Crippen LogP contribution in [-0.4, -0.2) is 15.6 Å². The van der Waals surface area contributed by atoms with Gasteiger partial charge in [0.25, 0.3) is 5.56 Å². The van der Waals surface area contributed by atoms with E-state index in [4.69, 9.17) is 5.26 Å². The van der Waals surface area contributed by atoms with Gasteiger partial charge in [-0.25, -0.2) is 9.07 Å². The highest BCUT2D eigenvalue weighted by atomic mass is 19.1. The van der Waals surface area contributed by atoms with Gasteiger partial charge in [-0.05, 0) is 31.5 Å². The minimum absolute atomic E-state index is 0.0520. The topological polar surface area (TPSA) is 75.8 Å². The van der Waals surface area contributed by atoms with Crippen LogP contribution in [0.3, 0.4) is 0 Å². The maximum Gasteiger partial charge on any atom is 0.285 e. The quantitative estimate of drug-likeness (QED) is 0.805. The van der Waals surface area contributed by atoms with Crippen LogP contribution >= 0.6 is 0 Å². The van der Waals surface area contributed by atoms with Crippen molar-refractivity contribution in [3.63, 3.8) is 0 Å². The molecule has 0 spiro atoms. The van der Waals surface area contributed by atoms with Crippen LogP contribution in [0, 0.1) is 31.0 Å². The van der Waals surface area contributed by atoms with Crippen molar-refractivity contribution in [2.45, 2.75) is 20.4 Å². The minimum Gasteiger partial charge on any atom is -0.292 e. The van der Waals surface area contributed by atoms with E-state index >= 15 is 0 Å². The van der Waals surface area contributed by atoms with Crippen LogP contribution in [0.4, 0.5) is 4.39 Å². The van der Waals surface area contributed by atoms with E-state index in [1.165, 1.54) is 24.3 Å². The highest BCUT2D eigenvalue weighted by molar-refractivity contribution is 5.96. The van der Waals surface area contributed by atoms with Crippen LogP contribution in [0.1, 0.15) is 27.2 Å². The largest absolute Gasteiger partial charge is 0.292 e. The normalized spacial score (nSPS) is 10.2. The third-order valence-electron chi connectivity index (χ3n) is 3.22. The highest BCUT2D eigenvalue weighted by Gasteiger charge is 2.16. The molecular weight excluding hydrogens is 273 g/mol. The van der Waals surface area contributed by atoms with Crippen molar-refractivity contribution in [3.8, 4) is 6.07 Å². The van der Waals surface area contributed by atoms with Crippen LogP contribution < -0.4 is 5.56 Å². The van der Waals surface area contributed by atoms with Crippen molar-refractivity contribution in [2.24, 2.45) is 0 Å². The first kappa shape index (κ1) is 14.6. The van der Waals surface area contributed by atoms with Gasteiger partial charge in [0, 0.05) is 0 Å². The monoisotopic (exact) mass is 285 g/mol. The van der Waals surface area contributed by atoms with E-state index in [1.807, 2.05) is 6.07 Å². The number of benzene rings is 1. The van der Waals surface area contributed by atoms with E-state index in [0.29, 0.717) is 11.3 Å². The summed E-state index contributed by atoms with van der Waals surface area (Å²) >= 11 is 0. The van der Waals surface area contributed by atoms with E-state index in [9.17, 15) is 14.0 Å². The van der Waals surface area contributed by atoms with E-state index < -0.39 is 23.7 Å². The van der Waals surface area contributed by atoms with Crippen molar-refractivity contribution in [3.05, 3.63) is 62.8 Å². The zero-order valence-electron chi connectivity index (χ0n) is 11.6. The number of carbonyl (C=O) groups excluding carboxylic acids is 1. The SMILES string of the molecule is Cc1nn(CC(=O)c2ccccc2F)c(=O)c(C#N)c1C. The van der Waals surface area contributed by atoms with Crippen molar-refractivity contribution >= 4 is 5.78 Å². The van der Waals surface area contributed by atoms with Gasteiger partial charge in [-0.3, -0.25) is 9.59 Å². The molecule has 0 aliphatic rings. The molecule has 0 aliphatic heterocycles. The molecular formula is C15H12FN3O2. The summed E-state index contributed by atoms with van der Waals surface area (Å²) in [7, 11) is 0. The zero-order chi connectivity index (χ0) is 15.6. The molecule has 0 aliphatic carbocycles. The third-order valence-corrected chi connectivity index (χ3v) is 3.22. The smallest absolute Gasteiger partial charge is 0.285 e. The summed E-state index contributed by atoms with van der Waals surface area (Å²) in [6.07, 6.45) is 0. The number of aryl methyl sites for hydroxylation is 1. The number of ketones is 1. The lowest BCUT2D eigenvalue weighted by Gasteiger charge is -2.08. The van der Waals surface area contributed by atoms with E-state index in [2.05, 4.69) is 5.10 Å². The summed E-state index contributed by atoms with van der Waals surface area (Å²) < 4.78 is 14.4. The number of carbonyl (C=O) groups is 1. The summed E-state index contributed by atoms with van der Waals surface area (Å²) in [6.45, 7) is 2.85. The number of halogens is 1. The standard InChI is InChI=1S/C15H12FN3O2/c1-9-10(2)18-19(15(21)12(9)7-17)8-14(20)11-5-3-4-6-13(11)16/h3-6H,8H2,1-2H3. The van der Waals surface area contributed by atoms with Gasteiger partial charge in [-0.1, -0.05) is 12.1 Å². The van der Waals surface area contributed by atoms with Crippen LogP contribution in [0.25, 0.3) is 0 Å². The Labute approximate surface area is 120 Å². The molecule has 2 aromatic rings. The lowest BCUT2D eigenvalue weighted by atomic mass is 10.1. The first-order valence-corrected chi connectivity index (χ1v) is 6.22. The fourth-order valence-electron chi connectivity index (χ4n) is 1.92. The van der Waals surface area contributed by atoms with Crippen molar-refractivity contribution in [1.82, 2.24) is 9.78 Å². The number of hydrogen-bond acceptors (Lipinski definition) is 4. The number of aromatic nitrogens is 2. The Kier molecular flexibility index (Phi) is 3.94. The van der Waals surface area contributed by atoms with Crippen LogP contribution in [0.5, 0.6) is 0 Å². The zero-order valence-corrected chi connectivity index (χ0v) is 11.6. The van der Waals surface area contributed by atoms with Crippen LogP contribution in [-0.2, 0) is 6.54 Å². The average Bonchev–Trinajstić information content (AvgIpc) is 2.45. The van der Waals surface area contributed by atoms with Gasteiger partial charge in [-0.15, -0.1) is 0 Å². The molecule has 0 amide bonds. The Bertz CT molecular complexity index is 819. The highest BCUT2D eigenvalue weighted by Crippen LogP contribution is 2.09. The molecule has 0 saturated carbocycles. The van der Waals surface area contributed by atoms with Gasteiger partial charge in [0.1, 0.15) is 24.0 Å². The second-order valence-electron chi connectivity index (χ2n) is 4.56. The summed E-state index contributed by atoms with van der Waals surface area (Å²) in [5, 5.41) is 13.0. The lowest BCUT2D eigenvalue weighted by Crippen LogP contribution is -2.30. The number of rotatable bonds is 3. The summed E-state index contributed by atoms with van der Waals surface area (Å²) in [4.78, 5) is 24.1. The molecule has 21 heavy (non-hydrogen) atoms. The van der Waals surface area contributed by atoms with Crippen molar-refractivity contribution in [2.75, 3.05) is 0 Å². The van der Waals surface area contributed by atoms with Crippen LogP contribution in [0.15, 0.2) is 29.1 Å². The first-order chi connectivity index (χ1) is 9.95. The number of nitriles is 1. The Morgan fingerprint density at radius 1 is 1.38 bits per heavy atom. The predicted octanol–water partition coefficient (Wildman–Crippen LogP) is 1.75. The fraction of sp³-hybridized carbons (Fsp3) is 0.200. The van der Waals surface area contributed by atoms with Crippen molar-refractivity contribution in [1.29, 1.82) is 5.26 Å². The minimum atomic E-state index is -0.653. The van der Waals surface area contributed by atoms with Gasteiger partial charge >= 0.3 is 0 Å². The van der Waals surface area contributed by atoms with Crippen molar-refractivity contribution < 1.29 is 9.18 Å². The molecule has 0 N–H and O–H groups in total. The maximum atomic E-state index is 13.6. The van der Waals surface area contributed by atoms with Gasteiger partial charge in [0.15, 0.2) is 5.78 Å². The molecule has 6 heteroatoms. The molecule has 0 atom stereocenters. The Hall–Kier alpha value is -2.81. The van der Waals surface area contributed by atoms with Gasteiger partial charge in [0.2, 0.25) is 0 Å². The molecule has 0 radical (unpaired) electrons. The Morgan fingerprint density at radius 2 is 2.05 bits per heavy atom. The fourth-order valence-corrected chi connectivity index (χ4v) is 1.92. The van der Waals surface area contributed by atoms with Gasteiger partial charge < -0.3 is 0 Å². The average molecular weight is 285 g/mol. The van der Waals surface area contributed by atoms with Crippen LogP contribution in [0.2, 0.25) is 0 Å². The number of nitrogens with zero attached hydrogens (tertiary/aromatic N) is 3. The second kappa shape index (κ2) is 5.67. The second-order valence-corrected chi connectivity index (χ2v) is 4.56.